The Morgan fingerprint density at radius 1 is 1.13 bits per heavy atom. The fourth-order valence-corrected chi connectivity index (χ4v) is 8.03. The molecule has 0 aromatic heterocycles. The summed E-state index contributed by atoms with van der Waals surface area (Å²) in [7, 11) is -1.96. The first-order valence-electron chi connectivity index (χ1n) is 16.3. The number of methoxy groups -OCH3 is 1. The number of hydrogen-bond acceptors (Lipinski definition) is 7. The van der Waals surface area contributed by atoms with E-state index in [9.17, 15) is 18.3 Å². The molecule has 3 aliphatic rings. The summed E-state index contributed by atoms with van der Waals surface area (Å²) in [6, 6.07) is 11.2. The number of carboxylic acid groups (broad SMARTS) is 1. The lowest BCUT2D eigenvalue weighted by molar-refractivity contribution is -0.0417. The van der Waals surface area contributed by atoms with Gasteiger partial charge in [0.25, 0.3) is 0 Å². The van der Waals surface area contributed by atoms with Gasteiger partial charge < -0.3 is 24.2 Å². The van der Waals surface area contributed by atoms with Gasteiger partial charge in [0.1, 0.15) is 5.75 Å². The Morgan fingerprint density at radius 3 is 2.59 bits per heavy atom. The summed E-state index contributed by atoms with van der Waals surface area (Å²) in [5.74, 6) is 0.286. The zero-order valence-corrected chi connectivity index (χ0v) is 28.6. The molecule has 0 spiro atoms. The monoisotopic (exact) mass is 674 g/mol. The second-order valence-corrected chi connectivity index (χ2v) is 15.5. The van der Waals surface area contributed by atoms with Crippen LogP contribution >= 0.6 is 11.6 Å². The van der Waals surface area contributed by atoms with Crippen molar-refractivity contribution in [2.45, 2.75) is 70.3 Å². The molecule has 0 saturated heterocycles. The molecule has 2 aromatic rings. The summed E-state index contributed by atoms with van der Waals surface area (Å²) < 4.78 is 42.1. The van der Waals surface area contributed by atoms with Gasteiger partial charge in [0.05, 0.1) is 42.4 Å². The van der Waals surface area contributed by atoms with Crippen LogP contribution < -0.4 is 14.8 Å². The molecule has 2 aliphatic carbocycles. The molecule has 0 amide bonds. The van der Waals surface area contributed by atoms with Crippen molar-refractivity contribution in [1.82, 2.24) is 0 Å². The SMILES string of the molecule is COCCO[C@@H](C1=CC([C@H](C)[C@@H](C)S(N)(=O)=O)C1)[C@@H]1CC[C@H]1CN1Cc2ccc(Cl)cc2CCCCOc2ccc(C(=O)O)cc21. The molecule has 46 heavy (non-hydrogen) atoms. The Labute approximate surface area is 278 Å². The number of fused-ring (bicyclic) bond motifs is 2. The van der Waals surface area contributed by atoms with E-state index >= 15 is 0 Å². The van der Waals surface area contributed by atoms with E-state index in [4.69, 9.17) is 31.0 Å². The molecule has 1 fully saturated rings. The Morgan fingerprint density at radius 2 is 1.91 bits per heavy atom. The second-order valence-electron chi connectivity index (χ2n) is 13.1. The predicted octanol–water partition coefficient (Wildman–Crippen LogP) is 6.08. The van der Waals surface area contributed by atoms with Crippen LogP contribution in [-0.2, 0) is 32.5 Å². The fourth-order valence-electron chi connectivity index (χ4n) is 7.03. The van der Waals surface area contributed by atoms with Gasteiger partial charge in [-0.3, -0.25) is 0 Å². The highest BCUT2D eigenvalue weighted by molar-refractivity contribution is 7.89. The zero-order chi connectivity index (χ0) is 33.0. The molecule has 0 radical (unpaired) electrons. The first-order chi connectivity index (χ1) is 22.0. The number of rotatable bonds is 12. The number of primary sulfonamides is 1. The topological polar surface area (TPSA) is 128 Å². The van der Waals surface area contributed by atoms with Crippen LogP contribution in [0.4, 0.5) is 5.69 Å². The van der Waals surface area contributed by atoms with Crippen LogP contribution in [0.15, 0.2) is 48.0 Å². The number of carbonyl (C=O) groups is 1. The number of allylic oxidation sites excluding steroid dienone is 1. The smallest absolute Gasteiger partial charge is 0.335 e. The molecule has 5 rings (SSSR count). The summed E-state index contributed by atoms with van der Waals surface area (Å²) >= 11 is 6.42. The van der Waals surface area contributed by atoms with E-state index in [0.29, 0.717) is 43.7 Å². The summed E-state index contributed by atoms with van der Waals surface area (Å²) in [6.07, 6.45) is 7.62. The number of anilines is 1. The van der Waals surface area contributed by atoms with Gasteiger partial charge in [-0.1, -0.05) is 30.7 Å². The molecular weight excluding hydrogens is 628 g/mol. The molecule has 1 heterocycles. The van der Waals surface area contributed by atoms with Gasteiger partial charge in [0.15, 0.2) is 0 Å². The number of ether oxygens (including phenoxy) is 3. The van der Waals surface area contributed by atoms with Gasteiger partial charge in [-0.15, -0.1) is 0 Å². The second kappa shape index (κ2) is 15.1. The molecule has 1 aliphatic heterocycles. The molecular formula is C35H47ClN2O7S. The number of aryl methyl sites for hydroxylation is 1. The van der Waals surface area contributed by atoms with Crippen molar-refractivity contribution in [1.29, 1.82) is 0 Å². The molecule has 6 atom stereocenters. The highest BCUT2D eigenvalue weighted by Crippen LogP contribution is 2.47. The van der Waals surface area contributed by atoms with Crippen LogP contribution in [-0.4, -0.2) is 64.3 Å². The molecule has 11 heteroatoms. The number of carboxylic acids is 1. The summed E-state index contributed by atoms with van der Waals surface area (Å²) in [6.45, 7) is 6.42. The number of benzene rings is 2. The van der Waals surface area contributed by atoms with Crippen molar-refractivity contribution in [3.63, 3.8) is 0 Å². The summed E-state index contributed by atoms with van der Waals surface area (Å²) in [5.41, 5.74) is 4.58. The quantitative estimate of drug-likeness (QED) is 0.205. The predicted molar refractivity (Wildman–Crippen MR) is 180 cm³/mol. The third-order valence-corrected chi connectivity index (χ3v) is 12.0. The molecule has 3 N–H and O–H groups in total. The summed E-state index contributed by atoms with van der Waals surface area (Å²) in [5, 5.41) is 15.4. The van der Waals surface area contributed by atoms with Crippen LogP contribution in [0, 0.1) is 23.7 Å². The maximum Gasteiger partial charge on any atom is 0.335 e. The minimum absolute atomic E-state index is 0.0952. The number of hydrogen-bond donors (Lipinski definition) is 2. The number of nitrogens with zero attached hydrogens (tertiary/aromatic N) is 1. The molecule has 2 aromatic carbocycles. The first kappa shape index (κ1) is 34.7. The minimum atomic E-state index is -3.62. The lowest BCUT2D eigenvalue weighted by atomic mass is 9.64. The Kier molecular flexibility index (Phi) is 11.4. The van der Waals surface area contributed by atoms with E-state index in [-0.39, 0.29) is 35.3 Å². The van der Waals surface area contributed by atoms with Crippen LogP contribution in [0.1, 0.15) is 67.4 Å². The molecule has 9 nitrogen and oxygen atoms in total. The van der Waals surface area contributed by atoms with Crippen molar-refractivity contribution in [2.24, 2.45) is 28.8 Å². The lowest BCUT2D eigenvalue weighted by Gasteiger charge is -2.47. The van der Waals surface area contributed by atoms with Gasteiger partial charge in [0, 0.05) is 25.2 Å². The number of aromatic carboxylic acids is 1. The van der Waals surface area contributed by atoms with E-state index in [1.165, 1.54) is 16.7 Å². The van der Waals surface area contributed by atoms with Gasteiger partial charge in [-0.2, -0.15) is 0 Å². The third-order valence-electron chi connectivity index (χ3n) is 10.3. The normalized spacial score (nSPS) is 23.6. The largest absolute Gasteiger partial charge is 0.491 e. The average molecular weight is 675 g/mol. The minimum Gasteiger partial charge on any atom is -0.491 e. The molecule has 0 bridgehead atoms. The van der Waals surface area contributed by atoms with E-state index in [2.05, 4.69) is 17.0 Å². The standard InChI is InChI=1S/C35H47ClN2O7S/c1-22(23(2)46(37,41)42)28-16-29(17-28)34(45-15-14-43-3)31-11-8-27(31)21-38-20-26-7-10-30(36)18-24(26)6-4-5-13-44-33-12-9-25(35(39)40)19-32(33)38/h7,9-10,12,16,18-19,22-23,27-28,31,34H,4-6,8,11,13-15,17,20-21H2,1-3H3,(H,39,40)(H2,37,41,42)/t22-,23-,27+,28?,31-,34+/m1/s1. The van der Waals surface area contributed by atoms with Crippen molar-refractivity contribution in [3.8, 4) is 5.75 Å². The Bertz CT molecular complexity index is 1530. The van der Waals surface area contributed by atoms with Crippen molar-refractivity contribution in [2.75, 3.05) is 38.4 Å². The average Bonchev–Trinajstić information content (AvgIpc) is 3.00. The van der Waals surface area contributed by atoms with E-state index in [1.54, 1.807) is 32.2 Å². The number of halogens is 1. The van der Waals surface area contributed by atoms with Gasteiger partial charge in [-0.25, -0.2) is 18.4 Å². The first-order valence-corrected chi connectivity index (χ1v) is 18.3. The number of nitrogens with two attached hydrogens (primary N) is 1. The van der Waals surface area contributed by atoms with Crippen LogP contribution in [0.3, 0.4) is 0 Å². The highest BCUT2D eigenvalue weighted by Gasteiger charge is 2.44. The zero-order valence-electron chi connectivity index (χ0n) is 27.0. The number of sulfonamides is 1. The third kappa shape index (κ3) is 8.08. The fraction of sp³-hybridized carbons (Fsp3) is 0.571. The van der Waals surface area contributed by atoms with Crippen LogP contribution in [0.25, 0.3) is 0 Å². The van der Waals surface area contributed by atoms with Gasteiger partial charge >= 0.3 is 5.97 Å². The lowest BCUT2D eigenvalue weighted by Crippen LogP contribution is -2.47. The van der Waals surface area contributed by atoms with Crippen molar-refractivity contribution < 1.29 is 32.5 Å². The van der Waals surface area contributed by atoms with Crippen LogP contribution in [0.5, 0.6) is 5.75 Å². The Hall–Kier alpha value is -2.63. The van der Waals surface area contributed by atoms with E-state index < -0.39 is 21.2 Å². The van der Waals surface area contributed by atoms with Crippen molar-refractivity contribution in [3.05, 3.63) is 69.8 Å². The highest BCUT2D eigenvalue weighted by atomic mass is 35.5. The maximum atomic E-state index is 12.1. The van der Waals surface area contributed by atoms with E-state index in [0.717, 1.165) is 44.2 Å². The van der Waals surface area contributed by atoms with Gasteiger partial charge in [0.2, 0.25) is 10.0 Å². The Balaban J connectivity index is 1.44. The van der Waals surface area contributed by atoms with Gasteiger partial charge in [-0.05, 0) is 116 Å². The molecule has 1 saturated carbocycles. The molecule has 252 valence electrons. The maximum absolute atomic E-state index is 12.1. The van der Waals surface area contributed by atoms with Crippen LogP contribution in [0.2, 0.25) is 5.02 Å². The van der Waals surface area contributed by atoms with E-state index in [1.807, 2.05) is 19.1 Å². The van der Waals surface area contributed by atoms with Crippen molar-refractivity contribution >= 4 is 33.3 Å². The molecule has 1 unspecified atom stereocenters. The summed E-state index contributed by atoms with van der Waals surface area (Å²) in [4.78, 5) is 14.3.